The van der Waals surface area contributed by atoms with Crippen molar-refractivity contribution in [1.82, 2.24) is 5.32 Å². The van der Waals surface area contributed by atoms with E-state index in [1.54, 1.807) is 6.92 Å². The van der Waals surface area contributed by atoms with E-state index in [9.17, 15) is 17.6 Å². The van der Waals surface area contributed by atoms with E-state index in [4.69, 9.17) is 0 Å². The third-order valence-electron chi connectivity index (χ3n) is 3.84. The number of sulfonamides is 1. The first-order valence-electron chi connectivity index (χ1n) is 7.81. The molecule has 134 valence electrons. The molecular weight excluding hydrogens is 343 g/mol. The van der Waals surface area contributed by atoms with Gasteiger partial charge in [0.2, 0.25) is 15.9 Å². The van der Waals surface area contributed by atoms with Crippen LogP contribution in [0.3, 0.4) is 0 Å². The number of halogens is 1. The van der Waals surface area contributed by atoms with E-state index in [1.807, 2.05) is 30.3 Å². The lowest BCUT2D eigenvalue weighted by Gasteiger charge is -2.29. The van der Waals surface area contributed by atoms with Crippen LogP contribution in [0.15, 0.2) is 54.6 Å². The predicted octanol–water partition coefficient (Wildman–Crippen LogP) is 2.86. The van der Waals surface area contributed by atoms with Crippen molar-refractivity contribution >= 4 is 21.6 Å². The maximum Gasteiger partial charge on any atom is 0.244 e. The lowest BCUT2D eigenvalue weighted by Crippen LogP contribution is -2.48. The largest absolute Gasteiger partial charge is 0.348 e. The van der Waals surface area contributed by atoms with Gasteiger partial charge in [0.25, 0.3) is 0 Å². The zero-order valence-electron chi connectivity index (χ0n) is 14.3. The van der Waals surface area contributed by atoms with Crippen LogP contribution in [-0.2, 0) is 14.8 Å². The van der Waals surface area contributed by atoms with Crippen LogP contribution < -0.4 is 9.62 Å². The smallest absolute Gasteiger partial charge is 0.244 e. The van der Waals surface area contributed by atoms with Crippen LogP contribution in [0.1, 0.15) is 25.5 Å². The average molecular weight is 364 g/mol. The quantitative estimate of drug-likeness (QED) is 0.857. The molecule has 2 rings (SSSR count). The van der Waals surface area contributed by atoms with Crippen LogP contribution in [0.5, 0.6) is 0 Å². The van der Waals surface area contributed by atoms with E-state index >= 15 is 0 Å². The molecule has 5 nitrogen and oxygen atoms in total. The first-order valence-corrected chi connectivity index (χ1v) is 9.66. The van der Waals surface area contributed by atoms with E-state index in [-0.39, 0.29) is 11.7 Å². The van der Waals surface area contributed by atoms with Gasteiger partial charge in [-0.25, -0.2) is 12.8 Å². The molecule has 0 aliphatic rings. The van der Waals surface area contributed by atoms with E-state index in [2.05, 4.69) is 5.32 Å². The number of carbonyl (C=O) groups excluding carboxylic acids is 1. The minimum Gasteiger partial charge on any atom is -0.348 e. The van der Waals surface area contributed by atoms with Crippen LogP contribution >= 0.6 is 0 Å². The fourth-order valence-corrected chi connectivity index (χ4v) is 3.75. The Morgan fingerprint density at radius 3 is 2.16 bits per heavy atom. The number of nitrogens with one attached hydrogen (secondary N) is 1. The van der Waals surface area contributed by atoms with Gasteiger partial charge in [-0.3, -0.25) is 9.10 Å². The molecule has 25 heavy (non-hydrogen) atoms. The zero-order valence-corrected chi connectivity index (χ0v) is 15.1. The van der Waals surface area contributed by atoms with Crippen molar-refractivity contribution in [3.8, 4) is 0 Å². The third kappa shape index (κ3) is 4.57. The molecule has 0 aliphatic heterocycles. The predicted molar refractivity (Wildman–Crippen MR) is 96.2 cm³/mol. The van der Waals surface area contributed by atoms with Crippen LogP contribution in [-0.4, -0.2) is 26.6 Å². The first kappa shape index (κ1) is 18.9. The van der Waals surface area contributed by atoms with Gasteiger partial charge in [-0.15, -0.1) is 0 Å². The molecule has 1 N–H and O–H groups in total. The fourth-order valence-electron chi connectivity index (χ4n) is 2.57. The number of carbonyl (C=O) groups is 1. The molecule has 0 spiro atoms. The molecule has 2 atom stereocenters. The number of nitrogens with zero attached hydrogens (tertiary/aromatic N) is 1. The molecule has 0 bridgehead atoms. The topological polar surface area (TPSA) is 66.5 Å². The maximum atomic E-state index is 14.1. The number of amides is 1. The molecule has 0 fully saturated rings. The van der Waals surface area contributed by atoms with Gasteiger partial charge in [0, 0.05) is 0 Å². The summed E-state index contributed by atoms with van der Waals surface area (Å²) >= 11 is 0. The van der Waals surface area contributed by atoms with E-state index in [1.165, 1.54) is 25.1 Å². The van der Waals surface area contributed by atoms with E-state index < -0.39 is 27.8 Å². The lowest BCUT2D eigenvalue weighted by atomic mass is 10.1. The molecule has 0 heterocycles. The second kappa shape index (κ2) is 7.65. The molecule has 1 amide bonds. The molecule has 0 saturated carbocycles. The maximum absolute atomic E-state index is 14.1. The van der Waals surface area contributed by atoms with Crippen LogP contribution in [0.25, 0.3) is 0 Å². The minimum atomic E-state index is -3.85. The number of hydrogen-bond acceptors (Lipinski definition) is 3. The molecule has 0 saturated heterocycles. The third-order valence-corrected chi connectivity index (χ3v) is 5.06. The van der Waals surface area contributed by atoms with Crippen molar-refractivity contribution in [2.45, 2.75) is 25.9 Å². The summed E-state index contributed by atoms with van der Waals surface area (Å²) in [5.41, 5.74) is 0.736. The summed E-state index contributed by atoms with van der Waals surface area (Å²) in [5, 5.41) is 2.77. The molecule has 0 aromatic heterocycles. The van der Waals surface area contributed by atoms with Gasteiger partial charge in [-0.05, 0) is 31.5 Å². The highest BCUT2D eigenvalue weighted by atomic mass is 32.2. The molecule has 0 aliphatic carbocycles. The Kier molecular flexibility index (Phi) is 5.79. The Morgan fingerprint density at radius 1 is 1.04 bits per heavy atom. The van der Waals surface area contributed by atoms with Crippen molar-refractivity contribution in [3.05, 3.63) is 66.0 Å². The standard InChI is InChI=1S/C18H21FN2O3S/c1-13(15-9-5-4-6-10-15)20-18(22)14(2)21(25(3,23)24)17-12-8-7-11-16(17)19/h4-14H,1-3H3,(H,20,22)/t13-,14?/m1/s1. The highest BCUT2D eigenvalue weighted by Crippen LogP contribution is 2.24. The van der Waals surface area contributed by atoms with Crippen LogP contribution in [0, 0.1) is 5.82 Å². The lowest BCUT2D eigenvalue weighted by molar-refractivity contribution is -0.122. The van der Waals surface area contributed by atoms with E-state index in [0.717, 1.165) is 22.2 Å². The highest BCUT2D eigenvalue weighted by Gasteiger charge is 2.31. The van der Waals surface area contributed by atoms with Gasteiger partial charge in [0.05, 0.1) is 18.0 Å². The summed E-state index contributed by atoms with van der Waals surface area (Å²) in [6, 6.07) is 13.4. The summed E-state index contributed by atoms with van der Waals surface area (Å²) in [5.74, 6) is -1.21. The number of para-hydroxylation sites is 1. The normalized spacial score (nSPS) is 13.8. The molecule has 2 aromatic rings. The minimum absolute atomic E-state index is 0.153. The summed E-state index contributed by atoms with van der Waals surface area (Å²) in [6.45, 7) is 3.23. The molecule has 2 aromatic carbocycles. The molecule has 0 radical (unpaired) electrons. The summed E-state index contributed by atoms with van der Waals surface area (Å²) in [4.78, 5) is 12.6. The Morgan fingerprint density at radius 2 is 1.60 bits per heavy atom. The van der Waals surface area contributed by atoms with Gasteiger partial charge >= 0.3 is 0 Å². The Hall–Kier alpha value is -2.41. The second-order valence-corrected chi connectivity index (χ2v) is 7.69. The van der Waals surface area contributed by atoms with Gasteiger partial charge in [-0.2, -0.15) is 0 Å². The molecule has 7 heteroatoms. The number of anilines is 1. The van der Waals surface area contributed by atoms with Crippen LogP contribution in [0.4, 0.5) is 10.1 Å². The fraction of sp³-hybridized carbons (Fsp3) is 0.278. The Bertz CT molecular complexity index is 840. The number of hydrogen-bond donors (Lipinski definition) is 1. The van der Waals surface area contributed by atoms with Gasteiger partial charge in [-0.1, -0.05) is 42.5 Å². The first-order chi connectivity index (χ1) is 11.7. The van der Waals surface area contributed by atoms with Crippen molar-refractivity contribution in [3.63, 3.8) is 0 Å². The molecular formula is C18H21FN2O3S. The van der Waals surface area contributed by atoms with Crippen molar-refractivity contribution in [2.24, 2.45) is 0 Å². The summed E-state index contributed by atoms with van der Waals surface area (Å²) in [6.07, 6.45) is 0.948. The Balaban J connectivity index is 2.26. The van der Waals surface area contributed by atoms with Gasteiger partial charge < -0.3 is 5.32 Å². The van der Waals surface area contributed by atoms with Crippen molar-refractivity contribution in [1.29, 1.82) is 0 Å². The van der Waals surface area contributed by atoms with Crippen molar-refractivity contribution < 1.29 is 17.6 Å². The number of benzene rings is 2. The monoisotopic (exact) mass is 364 g/mol. The second-order valence-electron chi connectivity index (χ2n) is 5.83. The van der Waals surface area contributed by atoms with Gasteiger partial charge in [0.15, 0.2) is 0 Å². The van der Waals surface area contributed by atoms with Crippen molar-refractivity contribution in [2.75, 3.05) is 10.6 Å². The van der Waals surface area contributed by atoms with Gasteiger partial charge in [0.1, 0.15) is 11.9 Å². The molecule has 1 unspecified atom stereocenters. The Labute approximate surface area is 147 Å². The summed E-state index contributed by atoms with van der Waals surface area (Å²) in [7, 11) is -3.85. The highest BCUT2D eigenvalue weighted by molar-refractivity contribution is 7.92. The van der Waals surface area contributed by atoms with Crippen LogP contribution in [0.2, 0.25) is 0 Å². The average Bonchev–Trinajstić information content (AvgIpc) is 2.56. The SMILES string of the molecule is CC(C(=O)N[C@H](C)c1ccccc1)N(c1ccccc1F)S(C)(=O)=O. The number of rotatable bonds is 6. The zero-order chi connectivity index (χ0) is 18.6. The summed E-state index contributed by atoms with van der Waals surface area (Å²) < 4.78 is 39.2. The van der Waals surface area contributed by atoms with E-state index in [0.29, 0.717) is 0 Å².